The molecule has 0 bridgehead atoms. The number of hydrogen-bond donors (Lipinski definition) is 0. The Kier molecular flexibility index (Phi) is 4.61. The molecule has 0 spiro atoms. The summed E-state index contributed by atoms with van der Waals surface area (Å²) in [6, 6.07) is 7.74. The maximum absolute atomic E-state index is 12.7. The van der Waals surface area contributed by atoms with Crippen LogP contribution in [-0.2, 0) is 0 Å². The van der Waals surface area contributed by atoms with Crippen molar-refractivity contribution >= 4 is 29.3 Å². The average Bonchev–Trinajstić information content (AvgIpc) is 3.30. The molecule has 0 aromatic heterocycles. The average molecular weight is 308 g/mol. The van der Waals surface area contributed by atoms with Gasteiger partial charge < -0.3 is 4.74 Å². The molecule has 0 radical (unpaired) electrons. The van der Waals surface area contributed by atoms with Crippen LogP contribution in [0.15, 0.2) is 24.3 Å². The van der Waals surface area contributed by atoms with Crippen molar-refractivity contribution in [3.05, 3.63) is 29.8 Å². The molecule has 2 atom stereocenters. The van der Waals surface area contributed by atoms with Crippen molar-refractivity contribution in [1.29, 1.82) is 0 Å². The number of ether oxygens (including phenoxy) is 1. The zero-order chi connectivity index (χ0) is 13.9. The topological polar surface area (TPSA) is 26.3 Å². The van der Waals surface area contributed by atoms with Crippen LogP contribution in [0.25, 0.3) is 0 Å². The Labute approximate surface area is 129 Å². The Morgan fingerprint density at radius 2 is 2.10 bits per heavy atom. The lowest BCUT2D eigenvalue weighted by Crippen LogP contribution is -2.32. The molecule has 1 aromatic carbocycles. The van der Waals surface area contributed by atoms with E-state index in [2.05, 4.69) is 6.92 Å². The highest BCUT2D eigenvalue weighted by molar-refractivity contribution is 8.07. The third kappa shape index (κ3) is 3.34. The Morgan fingerprint density at radius 3 is 2.85 bits per heavy atom. The minimum Gasteiger partial charge on any atom is -0.490 e. The van der Waals surface area contributed by atoms with Gasteiger partial charge in [0.1, 0.15) is 5.75 Å². The Bertz CT molecular complexity index is 485. The SMILES string of the molecule is CCC1SCCSC1C(=O)c1cccc(OC2CC2)c1. The minimum atomic E-state index is 0.106. The van der Waals surface area contributed by atoms with Crippen LogP contribution in [0, 0.1) is 0 Å². The standard InChI is InChI=1S/C16H20O2S2/c1-2-14-16(20-9-8-19-14)15(17)11-4-3-5-13(10-11)18-12-6-7-12/h3-5,10,12,14,16H,2,6-9H2,1H3. The van der Waals surface area contributed by atoms with Crippen LogP contribution in [-0.4, -0.2) is 33.9 Å². The molecule has 108 valence electrons. The van der Waals surface area contributed by atoms with Gasteiger partial charge in [0.05, 0.1) is 11.4 Å². The summed E-state index contributed by atoms with van der Waals surface area (Å²) in [5.41, 5.74) is 0.807. The number of carbonyl (C=O) groups is 1. The van der Waals surface area contributed by atoms with Gasteiger partial charge >= 0.3 is 0 Å². The van der Waals surface area contributed by atoms with Crippen molar-refractivity contribution in [1.82, 2.24) is 0 Å². The van der Waals surface area contributed by atoms with Crippen LogP contribution < -0.4 is 4.74 Å². The molecule has 2 unspecified atom stereocenters. The van der Waals surface area contributed by atoms with E-state index in [4.69, 9.17) is 4.74 Å². The lowest BCUT2D eigenvalue weighted by atomic mass is 10.0. The molecule has 1 saturated carbocycles. The second-order valence-corrected chi connectivity index (χ2v) is 7.91. The van der Waals surface area contributed by atoms with Crippen LogP contribution in [0.5, 0.6) is 5.75 Å². The number of rotatable bonds is 5. The predicted octanol–water partition coefficient (Wildman–Crippen LogP) is 4.04. The number of Topliss-reactive ketones (excluding diaryl/α,β-unsaturated/α-hetero) is 1. The van der Waals surface area contributed by atoms with Crippen molar-refractivity contribution in [2.75, 3.05) is 11.5 Å². The summed E-state index contributed by atoms with van der Waals surface area (Å²) in [5.74, 6) is 3.36. The molecule has 0 N–H and O–H groups in total. The highest BCUT2D eigenvalue weighted by Gasteiger charge is 2.32. The highest BCUT2D eigenvalue weighted by atomic mass is 32.2. The summed E-state index contributed by atoms with van der Waals surface area (Å²) < 4.78 is 5.79. The first-order chi connectivity index (χ1) is 9.78. The number of benzene rings is 1. The molecule has 2 fully saturated rings. The first-order valence-electron chi connectivity index (χ1n) is 7.32. The van der Waals surface area contributed by atoms with Crippen molar-refractivity contribution in [2.45, 2.75) is 42.8 Å². The van der Waals surface area contributed by atoms with Crippen molar-refractivity contribution in [3.63, 3.8) is 0 Å². The second-order valence-electron chi connectivity index (χ2n) is 5.32. The summed E-state index contributed by atoms with van der Waals surface area (Å²) >= 11 is 3.77. The largest absolute Gasteiger partial charge is 0.490 e. The lowest BCUT2D eigenvalue weighted by molar-refractivity contribution is 0.0987. The fraction of sp³-hybridized carbons (Fsp3) is 0.562. The van der Waals surface area contributed by atoms with E-state index in [9.17, 15) is 4.79 Å². The van der Waals surface area contributed by atoms with E-state index >= 15 is 0 Å². The van der Waals surface area contributed by atoms with Gasteiger partial charge in [-0.25, -0.2) is 0 Å². The van der Waals surface area contributed by atoms with Gasteiger partial charge in [0, 0.05) is 22.3 Å². The molecule has 1 aliphatic heterocycles. The van der Waals surface area contributed by atoms with Gasteiger partial charge in [-0.05, 0) is 31.4 Å². The number of thioether (sulfide) groups is 2. The number of carbonyl (C=O) groups excluding carboxylic acids is 1. The molecular formula is C16H20O2S2. The number of ketones is 1. The first kappa shape index (κ1) is 14.3. The lowest BCUT2D eigenvalue weighted by Gasteiger charge is -2.28. The van der Waals surface area contributed by atoms with Gasteiger partial charge in [-0.2, -0.15) is 11.8 Å². The maximum atomic E-state index is 12.7. The molecule has 1 aromatic rings. The Hall–Kier alpha value is -0.610. The van der Waals surface area contributed by atoms with E-state index in [0.717, 1.165) is 42.1 Å². The van der Waals surface area contributed by atoms with Gasteiger partial charge in [-0.15, -0.1) is 11.8 Å². The summed E-state index contributed by atoms with van der Waals surface area (Å²) in [5, 5.41) is 0.559. The molecule has 3 rings (SSSR count). The first-order valence-corrected chi connectivity index (χ1v) is 9.42. The molecule has 1 aliphatic carbocycles. The zero-order valence-corrected chi connectivity index (χ0v) is 13.3. The van der Waals surface area contributed by atoms with Gasteiger partial charge in [0.25, 0.3) is 0 Å². The predicted molar refractivity (Wildman–Crippen MR) is 87.2 cm³/mol. The maximum Gasteiger partial charge on any atom is 0.177 e. The van der Waals surface area contributed by atoms with Crippen LogP contribution >= 0.6 is 23.5 Å². The fourth-order valence-electron chi connectivity index (χ4n) is 2.41. The van der Waals surface area contributed by atoms with Gasteiger partial charge in [-0.1, -0.05) is 19.1 Å². The molecule has 1 heterocycles. The molecule has 20 heavy (non-hydrogen) atoms. The molecule has 0 amide bonds. The van der Waals surface area contributed by atoms with Crippen LogP contribution in [0.1, 0.15) is 36.5 Å². The smallest absolute Gasteiger partial charge is 0.177 e. The molecule has 2 nitrogen and oxygen atoms in total. The van der Waals surface area contributed by atoms with Crippen molar-refractivity contribution in [3.8, 4) is 5.75 Å². The monoisotopic (exact) mass is 308 g/mol. The summed E-state index contributed by atoms with van der Waals surface area (Å²) in [7, 11) is 0. The van der Waals surface area contributed by atoms with E-state index in [1.807, 2.05) is 47.8 Å². The third-order valence-electron chi connectivity index (χ3n) is 3.66. The van der Waals surface area contributed by atoms with E-state index in [-0.39, 0.29) is 11.0 Å². The van der Waals surface area contributed by atoms with E-state index in [0.29, 0.717) is 11.4 Å². The molecular weight excluding hydrogens is 288 g/mol. The fourth-order valence-corrected chi connectivity index (χ4v) is 5.44. The third-order valence-corrected chi connectivity index (χ3v) is 6.90. The Morgan fingerprint density at radius 1 is 1.30 bits per heavy atom. The van der Waals surface area contributed by atoms with Gasteiger partial charge in [0.2, 0.25) is 0 Å². The van der Waals surface area contributed by atoms with Crippen molar-refractivity contribution < 1.29 is 9.53 Å². The summed E-state index contributed by atoms with van der Waals surface area (Å²) in [4.78, 5) is 12.7. The van der Waals surface area contributed by atoms with Crippen molar-refractivity contribution in [2.24, 2.45) is 0 Å². The van der Waals surface area contributed by atoms with Gasteiger partial charge in [-0.3, -0.25) is 4.79 Å². The minimum absolute atomic E-state index is 0.106. The van der Waals surface area contributed by atoms with Crippen LogP contribution in [0.4, 0.5) is 0 Å². The molecule has 2 aliphatic rings. The quantitative estimate of drug-likeness (QED) is 0.767. The summed E-state index contributed by atoms with van der Waals surface area (Å²) in [6.45, 7) is 2.18. The van der Waals surface area contributed by atoms with E-state index < -0.39 is 0 Å². The van der Waals surface area contributed by atoms with Crippen LogP contribution in [0.2, 0.25) is 0 Å². The summed E-state index contributed by atoms with van der Waals surface area (Å²) in [6.07, 6.45) is 3.73. The van der Waals surface area contributed by atoms with Crippen LogP contribution in [0.3, 0.4) is 0 Å². The molecule has 1 saturated heterocycles. The van der Waals surface area contributed by atoms with E-state index in [1.165, 1.54) is 0 Å². The van der Waals surface area contributed by atoms with Gasteiger partial charge in [0.15, 0.2) is 5.78 Å². The second kappa shape index (κ2) is 6.44. The Balaban J connectivity index is 1.74. The normalized spacial score (nSPS) is 26.2. The number of hydrogen-bond acceptors (Lipinski definition) is 4. The highest BCUT2D eigenvalue weighted by Crippen LogP contribution is 2.36. The van der Waals surface area contributed by atoms with E-state index in [1.54, 1.807) is 0 Å². The zero-order valence-electron chi connectivity index (χ0n) is 11.7. The molecule has 4 heteroatoms.